The molecule has 0 saturated carbocycles. The Balaban J connectivity index is 2.23. The first-order chi connectivity index (χ1) is 9.67. The van der Waals surface area contributed by atoms with Gasteiger partial charge in [0.2, 0.25) is 11.8 Å². The number of anilines is 2. The highest BCUT2D eigenvalue weighted by Gasteiger charge is 2.30. The van der Waals surface area contributed by atoms with Crippen LogP contribution in [0, 0.1) is 5.92 Å². The van der Waals surface area contributed by atoms with E-state index < -0.39 is 0 Å². The van der Waals surface area contributed by atoms with Gasteiger partial charge < -0.3 is 10.2 Å². The topological polar surface area (TPSA) is 49.4 Å². The zero-order valence-corrected chi connectivity index (χ0v) is 12.2. The number of para-hydroxylation sites is 2. The van der Waals surface area contributed by atoms with Crippen molar-refractivity contribution in [2.75, 3.05) is 16.8 Å². The molecule has 1 aliphatic heterocycles. The lowest BCUT2D eigenvalue weighted by atomic mass is 9.97. The number of unbranched alkanes of at least 4 members (excludes halogenated alkanes) is 1. The largest absolute Gasteiger partial charge is 0.323 e. The molecule has 20 heavy (non-hydrogen) atoms. The third kappa shape index (κ3) is 3.00. The standard InChI is InChI=1S/C16H22N2O2/c1-3-5-8-12(4-2)16(20)18-11-15(19)17-13-9-6-7-10-14(13)18/h6-7,9-10,12H,3-5,8,11H2,1-2H3,(H,17,19). The third-order valence-electron chi connectivity index (χ3n) is 3.78. The normalized spacial score (nSPS) is 15.5. The molecule has 1 unspecified atom stereocenters. The van der Waals surface area contributed by atoms with Gasteiger partial charge >= 0.3 is 0 Å². The van der Waals surface area contributed by atoms with E-state index in [2.05, 4.69) is 12.2 Å². The van der Waals surface area contributed by atoms with E-state index in [0.29, 0.717) is 0 Å². The first-order valence-corrected chi connectivity index (χ1v) is 7.37. The van der Waals surface area contributed by atoms with E-state index in [4.69, 9.17) is 0 Å². The van der Waals surface area contributed by atoms with Crippen molar-refractivity contribution in [1.82, 2.24) is 0 Å². The molecular weight excluding hydrogens is 252 g/mol. The number of rotatable bonds is 5. The average Bonchev–Trinajstić information content (AvgIpc) is 2.46. The SMILES string of the molecule is CCCCC(CC)C(=O)N1CC(=O)Nc2ccccc21. The summed E-state index contributed by atoms with van der Waals surface area (Å²) in [4.78, 5) is 26.1. The van der Waals surface area contributed by atoms with Crippen LogP contribution in [-0.2, 0) is 9.59 Å². The molecule has 1 aromatic carbocycles. The summed E-state index contributed by atoms with van der Waals surface area (Å²) < 4.78 is 0. The summed E-state index contributed by atoms with van der Waals surface area (Å²) in [7, 11) is 0. The van der Waals surface area contributed by atoms with Gasteiger partial charge in [0.05, 0.1) is 11.4 Å². The second kappa shape index (κ2) is 6.55. The number of fused-ring (bicyclic) bond motifs is 1. The van der Waals surface area contributed by atoms with Crippen molar-refractivity contribution in [2.24, 2.45) is 5.92 Å². The molecule has 4 nitrogen and oxygen atoms in total. The predicted molar refractivity (Wildman–Crippen MR) is 80.7 cm³/mol. The minimum Gasteiger partial charge on any atom is -0.323 e. The molecule has 0 aromatic heterocycles. The summed E-state index contributed by atoms with van der Waals surface area (Å²) in [5.74, 6) is -0.0421. The fourth-order valence-corrected chi connectivity index (χ4v) is 2.60. The lowest BCUT2D eigenvalue weighted by molar-refractivity contribution is -0.125. The van der Waals surface area contributed by atoms with Gasteiger partial charge in [0.25, 0.3) is 0 Å². The van der Waals surface area contributed by atoms with Crippen LogP contribution in [0.1, 0.15) is 39.5 Å². The molecule has 0 aliphatic carbocycles. The van der Waals surface area contributed by atoms with Gasteiger partial charge in [-0.25, -0.2) is 0 Å². The number of hydrogen-bond acceptors (Lipinski definition) is 2. The number of carbonyl (C=O) groups excluding carboxylic acids is 2. The molecule has 4 heteroatoms. The number of nitrogens with one attached hydrogen (secondary N) is 1. The molecule has 1 aromatic rings. The van der Waals surface area contributed by atoms with Crippen molar-refractivity contribution in [2.45, 2.75) is 39.5 Å². The minimum atomic E-state index is -0.123. The molecule has 0 saturated heterocycles. The smallest absolute Gasteiger partial charge is 0.244 e. The lowest BCUT2D eigenvalue weighted by Gasteiger charge is -2.31. The molecule has 1 atom stereocenters. The summed E-state index contributed by atoms with van der Waals surface area (Å²) in [5.41, 5.74) is 1.54. The van der Waals surface area contributed by atoms with Gasteiger partial charge in [-0.15, -0.1) is 0 Å². The maximum absolute atomic E-state index is 12.7. The molecule has 1 aliphatic rings. The van der Waals surface area contributed by atoms with E-state index in [1.165, 1.54) is 0 Å². The first-order valence-electron chi connectivity index (χ1n) is 7.37. The number of hydrogen-bond donors (Lipinski definition) is 1. The lowest BCUT2D eigenvalue weighted by Crippen LogP contribution is -2.44. The van der Waals surface area contributed by atoms with Crippen LogP contribution in [0.2, 0.25) is 0 Å². The minimum absolute atomic E-state index is 0.00825. The van der Waals surface area contributed by atoms with Gasteiger partial charge in [0, 0.05) is 5.92 Å². The maximum Gasteiger partial charge on any atom is 0.244 e. The van der Waals surface area contributed by atoms with Gasteiger partial charge in [0.1, 0.15) is 6.54 Å². The van der Waals surface area contributed by atoms with Crippen LogP contribution in [0.5, 0.6) is 0 Å². The third-order valence-corrected chi connectivity index (χ3v) is 3.78. The second-order valence-electron chi connectivity index (χ2n) is 5.24. The van der Waals surface area contributed by atoms with Crippen LogP contribution in [0.3, 0.4) is 0 Å². The fraction of sp³-hybridized carbons (Fsp3) is 0.500. The zero-order valence-electron chi connectivity index (χ0n) is 12.2. The summed E-state index contributed by atoms with van der Waals surface area (Å²) >= 11 is 0. The molecule has 1 heterocycles. The van der Waals surface area contributed by atoms with E-state index in [9.17, 15) is 9.59 Å². The van der Waals surface area contributed by atoms with Crippen LogP contribution in [0.25, 0.3) is 0 Å². The van der Waals surface area contributed by atoms with Crippen molar-refractivity contribution in [1.29, 1.82) is 0 Å². The van der Waals surface area contributed by atoms with E-state index in [1.807, 2.05) is 31.2 Å². The van der Waals surface area contributed by atoms with E-state index in [1.54, 1.807) is 4.90 Å². The Kier molecular flexibility index (Phi) is 4.77. The highest BCUT2D eigenvalue weighted by Crippen LogP contribution is 2.31. The molecule has 0 spiro atoms. The number of amides is 2. The van der Waals surface area contributed by atoms with Gasteiger partial charge in [-0.05, 0) is 25.0 Å². The van der Waals surface area contributed by atoms with Crippen molar-refractivity contribution in [3.05, 3.63) is 24.3 Å². The first kappa shape index (κ1) is 14.6. The van der Waals surface area contributed by atoms with E-state index in [-0.39, 0.29) is 24.3 Å². The summed E-state index contributed by atoms with van der Waals surface area (Å²) in [6, 6.07) is 7.48. The Morgan fingerprint density at radius 2 is 2.10 bits per heavy atom. The van der Waals surface area contributed by atoms with Gasteiger partial charge in [0.15, 0.2) is 0 Å². The summed E-state index contributed by atoms with van der Waals surface area (Å²) in [6.45, 7) is 4.29. The van der Waals surface area contributed by atoms with E-state index >= 15 is 0 Å². The number of carbonyl (C=O) groups is 2. The van der Waals surface area contributed by atoms with Crippen molar-refractivity contribution in [3.63, 3.8) is 0 Å². The van der Waals surface area contributed by atoms with Crippen LogP contribution in [0.15, 0.2) is 24.3 Å². The summed E-state index contributed by atoms with van der Waals surface area (Å²) in [5, 5.41) is 2.81. The quantitative estimate of drug-likeness (QED) is 0.896. The average molecular weight is 274 g/mol. The molecule has 2 rings (SSSR count). The Hall–Kier alpha value is -1.84. The van der Waals surface area contributed by atoms with Crippen LogP contribution < -0.4 is 10.2 Å². The van der Waals surface area contributed by atoms with Gasteiger partial charge in [-0.3, -0.25) is 9.59 Å². The Bertz CT molecular complexity index is 499. The maximum atomic E-state index is 12.7. The Morgan fingerprint density at radius 3 is 2.80 bits per heavy atom. The zero-order chi connectivity index (χ0) is 14.5. The summed E-state index contributed by atoms with van der Waals surface area (Å²) in [6.07, 6.45) is 3.85. The molecule has 108 valence electrons. The van der Waals surface area contributed by atoms with Crippen LogP contribution in [0.4, 0.5) is 11.4 Å². The highest BCUT2D eigenvalue weighted by molar-refractivity contribution is 6.10. The molecule has 1 N–H and O–H groups in total. The molecular formula is C16H22N2O2. The highest BCUT2D eigenvalue weighted by atomic mass is 16.2. The molecule has 0 radical (unpaired) electrons. The Morgan fingerprint density at radius 1 is 1.35 bits per heavy atom. The van der Waals surface area contributed by atoms with E-state index in [0.717, 1.165) is 37.1 Å². The van der Waals surface area contributed by atoms with Gasteiger partial charge in [-0.2, -0.15) is 0 Å². The second-order valence-corrected chi connectivity index (χ2v) is 5.24. The monoisotopic (exact) mass is 274 g/mol. The van der Waals surface area contributed by atoms with Gasteiger partial charge in [-0.1, -0.05) is 38.8 Å². The molecule has 0 bridgehead atoms. The van der Waals surface area contributed by atoms with Crippen molar-refractivity contribution >= 4 is 23.2 Å². The van der Waals surface area contributed by atoms with Crippen molar-refractivity contribution < 1.29 is 9.59 Å². The Labute approximate surface area is 120 Å². The predicted octanol–water partition coefficient (Wildman–Crippen LogP) is 3.19. The molecule has 2 amide bonds. The van der Waals surface area contributed by atoms with Crippen molar-refractivity contribution in [3.8, 4) is 0 Å². The van der Waals surface area contributed by atoms with Crippen LogP contribution >= 0.6 is 0 Å². The fourth-order valence-electron chi connectivity index (χ4n) is 2.60. The number of benzene rings is 1. The molecule has 0 fully saturated rings. The number of nitrogens with zero attached hydrogens (tertiary/aromatic N) is 1. The van der Waals surface area contributed by atoms with Crippen LogP contribution in [-0.4, -0.2) is 18.4 Å².